The molecule has 0 aliphatic heterocycles. The van der Waals surface area contributed by atoms with Gasteiger partial charge in [-0.3, -0.25) is 14.9 Å². The Labute approximate surface area is 179 Å². The summed E-state index contributed by atoms with van der Waals surface area (Å²) in [4.78, 5) is 24.3. The molecule has 0 atom stereocenters. The maximum absolute atomic E-state index is 12.2. The molecule has 0 spiro atoms. The molecule has 7 heteroatoms. The largest absolute Gasteiger partial charge is 0.332 e. The number of anilines is 2. The minimum atomic E-state index is -0.330. The van der Waals surface area contributed by atoms with E-state index < -0.39 is 0 Å². The molecule has 0 aliphatic rings. The van der Waals surface area contributed by atoms with E-state index in [-0.39, 0.29) is 16.9 Å². The lowest BCUT2D eigenvalue weighted by atomic mass is 10.1. The fourth-order valence-corrected chi connectivity index (χ4v) is 2.90. The average Bonchev–Trinajstić information content (AvgIpc) is 2.70. The summed E-state index contributed by atoms with van der Waals surface area (Å²) in [7, 11) is 0. The van der Waals surface area contributed by atoms with Crippen molar-refractivity contribution in [1.82, 2.24) is 5.32 Å². The Morgan fingerprint density at radius 2 is 1.38 bits per heavy atom. The maximum atomic E-state index is 12.2. The van der Waals surface area contributed by atoms with Gasteiger partial charge in [0.25, 0.3) is 5.91 Å². The Morgan fingerprint density at radius 3 is 2.00 bits per heavy atom. The van der Waals surface area contributed by atoms with Gasteiger partial charge in [0.05, 0.1) is 6.42 Å². The summed E-state index contributed by atoms with van der Waals surface area (Å²) >= 11 is 11.0. The number of hydrogen-bond acceptors (Lipinski definition) is 3. The third-order valence-corrected chi connectivity index (χ3v) is 4.42. The van der Waals surface area contributed by atoms with Crippen LogP contribution < -0.4 is 16.0 Å². The summed E-state index contributed by atoms with van der Waals surface area (Å²) in [6.45, 7) is 0. The van der Waals surface area contributed by atoms with Crippen molar-refractivity contribution in [2.24, 2.45) is 0 Å². The summed E-state index contributed by atoms with van der Waals surface area (Å²) in [5.41, 5.74) is 2.76. The molecule has 29 heavy (non-hydrogen) atoms. The molecule has 0 saturated carbocycles. The Kier molecular flexibility index (Phi) is 6.94. The van der Waals surface area contributed by atoms with Gasteiger partial charge >= 0.3 is 0 Å². The summed E-state index contributed by atoms with van der Waals surface area (Å²) < 4.78 is 0. The molecule has 0 saturated heterocycles. The van der Waals surface area contributed by atoms with Crippen molar-refractivity contribution in [3.05, 3.63) is 95.0 Å². The number of halogens is 1. The number of thiocarbonyl (C=S) groups is 1. The molecule has 146 valence electrons. The number of rotatable bonds is 5. The lowest BCUT2D eigenvalue weighted by molar-refractivity contribution is -0.115. The smallest absolute Gasteiger partial charge is 0.257 e. The zero-order valence-corrected chi connectivity index (χ0v) is 16.9. The van der Waals surface area contributed by atoms with Gasteiger partial charge in [-0.2, -0.15) is 0 Å². The van der Waals surface area contributed by atoms with Crippen LogP contribution in [0.5, 0.6) is 0 Å². The Balaban J connectivity index is 1.50. The second-order valence-electron chi connectivity index (χ2n) is 6.20. The molecule has 0 radical (unpaired) electrons. The van der Waals surface area contributed by atoms with Crippen molar-refractivity contribution in [2.75, 3.05) is 10.6 Å². The molecular formula is C22H18ClN3O2S. The SMILES string of the molecule is O=C(Cc1ccccc1)Nc1ccc(NC(=S)NC(=O)c2ccc(Cl)cc2)cc1. The highest BCUT2D eigenvalue weighted by molar-refractivity contribution is 7.80. The van der Waals surface area contributed by atoms with Gasteiger partial charge in [0.2, 0.25) is 5.91 Å². The molecule has 5 nitrogen and oxygen atoms in total. The molecule has 0 fully saturated rings. The second kappa shape index (κ2) is 9.82. The first-order valence-corrected chi connectivity index (χ1v) is 9.60. The molecule has 2 amide bonds. The van der Waals surface area contributed by atoms with Crippen LogP contribution in [0.3, 0.4) is 0 Å². The average molecular weight is 424 g/mol. The van der Waals surface area contributed by atoms with Crippen LogP contribution in [-0.2, 0) is 11.2 Å². The van der Waals surface area contributed by atoms with E-state index in [1.54, 1.807) is 48.5 Å². The lowest BCUT2D eigenvalue weighted by Crippen LogP contribution is -2.34. The van der Waals surface area contributed by atoms with Crippen molar-refractivity contribution >= 4 is 52.1 Å². The number of benzene rings is 3. The zero-order chi connectivity index (χ0) is 20.6. The molecule has 3 aromatic carbocycles. The van der Waals surface area contributed by atoms with Crippen molar-refractivity contribution < 1.29 is 9.59 Å². The van der Waals surface area contributed by atoms with E-state index in [1.165, 1.54) is 0 Å². The maximum Gasteiger partial charge on any atom is 0.257 e. The Morgan fingerprint density at radius 1 is 0.793 bits per heavy atom. The minimum absolute atomic E-state index is 0.0948. The van der Waals surface area contributed by atoms with Crippen LogP contribution >= 0.6 is 23.8 Å². The van der Waals surface area contributed by atoms with Crippen LogP contribution in [0, 0.1) is 0 Å². The first-order chi connectivity index (χ1) is 14.0. The lowest BCUT2D eigenvalue weighted by Gasteiger charge is -2.11. The van der Waals surface area contributed by atoms with E-state index >= 15 is 0 Å². The summed E-state index contributed by atoms with van der Waals surface area (Å²) in [6, 6.07) is 23.1. The number of amides is 2. The van der Waals surface area contributed by atoms with Gasteiger partial charge in [0.1, 0.15) is 0 Å². The van der Waals surface area contributed by atoms with E-state index in [2.05, 4.69) is 16.0 Å². The number of nitrogens with one attached hydrogen (secondary N) is 3. The van der Waals surface area contributed by atoms with Crippen LogP contribution in [0.4, 0.5) is 11.4 Å². The van der Waals surface area contributed by atoms with Crippen LogP contribution in [0.25, 0.3) is 0 Å². The molecule has 3 rings (SSSR count). The molecule has 0 aromatic heterocycles. The van der Waals surface area contributed by atoms with Crippen LogP contribution in [0.15, 0.2) is 78.9 Å². The van der Waals surface area contributed by atoms with Crippen LogP contribution in [0.1, 0.15) is 15.9 Å². The first-order valence-electron chi connectivity index (χ1n) is 8.81. The van der Waals surface area contributed by atoms with Crippen LogP contribution in [-0.4, -0.2) is 16.9 Å². The summed E-state index contributed by atoms with van der Waals surface area (Å²) in [5, 5.41) is 9.12. The summed E-state index contributed by atoms with van der Waals surface area (Å²) in [6.07, 6.45) is 0.307. The fourth-order valence-electron chi connectivity index (χ4n) is 2.56. The van der Waals surface area contributed by atoms with Gasteiger partial charge in [-0.1, -0.05) is 41.9 Å². The Hall–Kier alpha value is -3.22. The predicted octanol–water partition coefficient (Wildman–Crippen LogP) is 4.65. The number of carbonyl (C=O) groups is 2. The first kappa shape index (κ1) is 20.5. The molecule has 0 heterocycles. The highest BCUT2D eigenvalue weighted by atomic mass is 35.5. The van der Waals surface area contributed by atoms with Crippen LogP contribution in [0.2, 0.25) is 5.02 Å². The van der Waals surface area contributed by atoms with E-state index in [4.69, 9.17) is 23.8 Å². The van der Waals surface area contributed by atoms with E-state index in [1.807, 2.05) is 30.3 Å². The van der Waals surface area contributed by atoms with E-state index in [9.17, 15) is 9.59 Å². The monoisotopic (exact) mass is 423 g/mol. The standard InChI is InChI=1S/C22H18ClN3O2S/c23-17-8-6-16(7-9-17)21(28)26-22(29)25-19-12-10-18(11-13-19)24-20(27)14-15-4-2-1-3-5-15/h1-13H,14H2,(H,24,27)(H2,25,26,28,29). The molecule has 3 N–H and O–H groups in total. The van der Waals surface area contributed by atoms with E-state index in [0.717, 1.165) is 5.56 Å². The normalized spacial score (nSPS) is 10.1. The molecular weight excluding hydrogens is 406 g/mol. The van der Waals surface area contributed by atoms with Gasteiger partial charge in [-0.05, 0) is 66.3 Å². The topological polar surface area (TPSA) is 70.2 Å². The van der Waals surface area contributed by atoms with Gasteiger partial charge in [0.15, 0.2) is 5.11 Å². The summed E-state index contributed by atoms with van der Waals surface area (Å²) in [5.74, 6) is -0.424. The third kappa shape index (κ3) is 6.41. The van der Waals surface area contributed by atoms with E-state index in [0.29, 0.717) is 28.4 Å². The zero-order valence-electron chi connectivity index (χ0n) is 15.3. The second-order valence-corrected chi connectivity index (χ2v) is 7.05. The predicted molar refractivity (Wildman–Crippen MR) is 120 cm³/mol. The third-order valence-electron chi connectivity index (χ3n) is 3.97. The van der Waals surface area contributed by atoms with Crippen molar-refractivity contribution in [3.63, 3.8) is 0 Å². The number of hydrogen-bond donors (Lipinski definition) is 3. The van der Waals surface area contributed by atoms with Gasteiger partial charge in [0, 0.05) is 22.0 Å². The molecule has 0 aliphatic carbocycles. The highest BCUT2D eigenvalue weighted by Gasteiger charge is 2.08. The number of carbonyl (C=O) groups excluding carboxylic acids is 2. The van der Waals surface area contributed by atoms with Crippen molar-refractivity contribution in [2.45, 2.75) is 6.42 Å². The molecule has 0 unspecified atom stereocenters. The molecule has 3 aromatic rings. The minimum Gasteiger partial charge on any atom is -0.332 e. The van der Waals surface area contributed by atoms with Gasteiger partial charge < -0.3 is 10.6 Å². The fraction of sp³-hybridized carbons (Fsp3) is 0.0455. The van der Waals surface area contributed by atoms with Gasteiger partial charge in [-0.15, -0.1) is 0 Å². The Bertz CT molecular complexity index is 1010. The quantitative estimate of drug-likeness (QED) is 0.522. The van der Waals surface area contributed by atoms with Crippen molar-refractivity contribution in [1.29, 1.82) is 0 Å². The van der Waals surface area contributed by atoms with Gasteiger partial charge in [-0.25, -0.2) is 0 Å². The molecule has 0 bridgehead atoms. The highest BCUT2D eigenvalue weighted by Crippen LogP contribution is 2.14. The van der Waals surface area contributed by atoms with Crippen molar-refractivity contribution in [3.8, 4) is 0 Å².